The number of nitrogens with one attached hydrogen (secondary N) is 1. The van der Waals surface area contributed by atoms with E-state index in [-0.39, 0.29) is 5.91 Å². The van der Waals surface area contributed by atoms with Crippen molar-refractivity contribution in [3.05, 3.63) is 65.6 Å². The summed E-state index contributed by atoms with van der Waals surface area (Å²) in [5, 5.41) is 4.84. The van der Waals surface area contributed by atoms with Crippen molar-refractivity contribution in [3.8, 4) is 10.6 Å². The van der Waals surface area contributed by atoms with Crippen molar-refractivity contribution < 1.29 is 9.21 Å². The maximum absolute atomic E-state index is 11.9. The number of hydrogen-bond donors (Lipinski definition) is 1. The molecule has 0 fully saturated rings. The van der Waals surface area contributed by atoms with Crippen LogP contribution >= 0.6 is 11.3 Å². The van der Waals surface area contributed by atoms with E-state index in [9.17, 15) is 4.79 Å². The number of carbonyl (C=O) groups is 1. The van der Waals surface area contributed by atoms with Crippen LogP contribution in [0.25, 0.3) is 10.6 Å². The third-order valence-corrected chi connectivity index (χ3v) is 3.71. The lowest BCUT2D eigenvalue weighted by atomic mass is 10.1. The minimum absolute atomic E-state index is 0.226. The van der Waals surface area contributed by atoms with Crippen molar-refractivity contribution in [1.29, 1.82) is 0 Å². The average molecular weight is 284 g/mol. The van der Waals surface area contributed by atoms with Crippen molar-refractivity contribution in [2.75, 3.05) is 0 Å². The summed E-state index contributed by atoms with van der Waals surface area (Å²) in [5.41, 5.74) is 1.89. The van der Waals surface area contributed by atoms with Gasteiger partial charge in [0.25, 0.3) is 5.91 Å². The molecule has 5 heteroatoms. The molecule has 0 bridgehead atoms. The molecular weight excluding hydrogens is 272 g/mol. The molecule has 0 aliphatic rings. The van der Waals surface area contributed by atoms with E-state index in [0.717, 1.165) is 16.1 Å². The zero-order chi connectivity index (χ0) is 13.8. The van der Waals surface area contributed by atoms with Crippen LogP contribution < -0.4 is 5.32 Å². The first-order chi connectivity index (χ1) is 9.84. The van der Waals surface area contributed by atoms with E-state index in [0.29, 0.717) is 12.3 Å². The van der Waals surface area contributed by atoms with Gasteiger partial charge >= 0.3 is 0 Å². The number of furan rings is 1. The van der Waals surface area contributed by atoms with Gasteiger partial charge in [-0.15, -0.1) is 11.3 Å². The molecule has 0 radical (unpaired) electrons. The summed E-state index contributed by atoms with van der Waals surface area (Å²) in [7, 11) is 0. The summed E-state index contributed by atoms with van der Waals surface area (Å²) < 4.78 is 5.06. The normalized spacial score (nSPS) is 10.4. The largest absolute Gasteiger partial charge is 0.459 e. The first kappa shape index (κ1) is 12.6. The summed E-state index contributed by atoms with van der Waals surface area (Å²) in [5.74, 6) is 0.0857. The highest BCUT2D eigenvalue weighted by molar-refractivity contribution is 7.13. The van der Waals surface area contributed by atoms with Crippen molar-refractivity contribution in [3.63, 3.8) is 0 Å². The van der Waals surface area contributed by atoms with Crippen LogP contribution in [0.15, 0.2) is 58.7 Å². The Hall–Kier alpha value is -2.40. The monoisotopic (exact) mass is 284 g/mol. The molecule has 3 heterocycles. The second kappa shape index (κ2) is 5.71. The zero-order valence-electron chi connectivity index (χ0n) is 10.6. The van der Waals surface area contributed by atoms with E-state index in [4.69, 9.17) is 4.42 Å². The molecule has 0 atom stereocenters. The molecule has 1 amide bonds. The zero-order valence-corrected chi connectivity index (χ0v) is 11.4. The van der Waals surface area contributed by atoms with Gasteiger partial charge in [-0.05, 0) is 35.2 Å². The summed E-state index contributed by atoms with van der Waals surface area (Å²) in [6.45, 7) is 0.417. The maximum atomic E-state index is 11.9. The SMILES string of the molecule is O=C(NCc1cccnc1-c1cccs1)c1ccco1. The predicted octanol–water partition coefficient (Wildman–Crippen LogP) is 3.33. The van der Waals surface area contributed by atoms with E-state index in [1.165, 1.54) is 6.26 Å². The first-order valence-electron chi connectivity index (χ1n) is 6.14. The molecule has 1 N–H and O–H groups in total. The van der Waals surface area contributed by atoms with Gasteiger partial charge in [-0.1, -0.05) is 12.1 Å². The van der Waals surface area contributed by atoms with Crippen LogP contribution in [0.4, 0.5) is 0 Å². The Kier molecular flexibility index (Phi) is 3.60. The molecule has 20 heavy (non-hydrogen) atoms. The van der Waals surface area contributed by atoms with Crippen molar-refractivity contribution in [2.45, 2.75) is 6.54 Å². The molecular formula is C15H12N2O2S. The van der Waals surface area contributed by atoms with Crippen molar-refractivity contribution >= 4 is 17.2 Å². The standard InChI is InChI=1S/C15H12N2O2S/c18-15(12-5-2-8-19-12)17-10-11-4-1-7-16-14(11)13-6-3-9-20-13/h1-9H,10H2,(H,17,18). The second-order valence-corrected chi connectivity index (χ2v) is 5.10. The second-order valence-electron chi connectivity index (χ2n) is 4.15. The topological polar surface area (TPSA) is 55.1 Å². The van der Waals surface area contributed by atoms with Gasteiger partial charge < -0.3 is 9.73 Å². The lowest BCUT2D eigenvalue weighted by Gasteiger charge is -2.07. The third kappa shape index (κ3) is 2.62. The van der Waals surface area contributed by atoms with E-state index in [1.54, 1.807) is 29.7 Å². The van der Waals surface area contributed by atoms with E-state index >= 15 is 0 Å². The molecule has 3 aromatic rings. The highest BCUT2D eigenvalue weighted by Crippen LogP contribution is 2.25. The molecule has 0 spiro atoms. The van der Waals surface area contributed by atoms with E-state index in [1.807, 2.05) is 29.6 Å². The number of rotatable bonds is 4. The predicted molar refractivity (Wildman–Crippen MR) is 77.4 cm³/mol. The third-order valence-electron chi connectivity index (χ3n) is 2.83. The van der Waals surface area contributed by atoms with Gasteiger partial charge in [0, 0.05) is 12.7 Å². The van der Waals surface area contributed by atoms with Gasteiger partial charge in [0.15, 0.2) is 5.76 Å². The van der Waals surface area contributed by atoms with E-state index in [2.05, 4.69) is 10.3 Å². The molecule has 3 aromatic heterocycles. The lowest BCUT2D eigenvalue weighted by molar-refractivity contribution is 0.0923. The number of carbonyl (C=O) groups excluding carboxylic acids is 1. The molecule has 0 aliphatic carbocycles. The highest BCUT2D eigenvalue weighted by atomic mass is 32.1. The molecule has 0 unspecified atom stereocenters. The van der Waals surface area contributed by atoms with Crippen LogP contribution in [-0.2, 0) is 6.54 Å². The first-order valence-corrected chi connectivity index (χ1v) is 7.02. The average Bonchev–Trinajstić information content (AvgIpc) is 3.17. The Morgan fingerprint density at radius 2 is 2.20 bits per heavy atom. The van der Waals surface area contributed by atoms with Crippen LogP contribution in [0.1, 0.15) is 16.1 Å². The van der Waals surface area contributed by atoms with Crippen LogP contribution in [0.2, 0.25) is 0 Å². The van der Waals surface area contributed by atoms with E-state index < -0.39 is 0 Å². The summed E-state index contributed by atoms with van der Waals surface area (Å²) >= 11 is 1.63. The van der Waals surface area contributed by atoms with Crippen LogP contribution in [0.5, 0.6) is 0 Å². The molecule has 0 aromatic carbocycles. The highest BCUT2D eigenvalue weighted by Gasteiger charge is 2.11. The fourth-order valence-corrected chi connectivity index (χ4v) is 2.64. The van der Waals surface area contributed by atoms with Gasteiger partial charge in [-0.3, -0.25) is 9.78 Å². The smallest absolute Gasteiger partial charge is 0.287 e. The molecule has 0 aliphatic heterocycles. The fourth-order valence-electron chi connectivity index (χ4n) is 1.89. The number of aromatic nitrogens is 1. The van der Waals surface area contributed by atoms with Gasteiger partial charge in [0.2, 0.25) is 0 Å². The number of hydrogen-bond acceptors (Lipinski definition) is 4. The summed E-state index contributed by atoms with van der Waals surface area (Å²) in [6.07, 6.45) is 3.24. The minimum atomic E-state index is -0.226. The van der Waals surface area contributed by atoms with Crippen molar-refractivity contribution in [1.82, 2.24) is 10.3 Å². The van der Waals surface area contributed by atoms with Crippen LogP contribution in [0.3, 0.4) is 0 Å². The molecule has 0 saturated heterocycles. The summed E-state index contributed by atoms with van der Waals surface area (Å²) in [4.78, 5) is 17.3. The van der Waals surface area contributed by atoms with Gasteiger partial charge in [-0.25, -0.2) is 0 Å². The minimum Gasteiger partial charge on any atom is -0.459 e. The summed E-state index contributed by atoms with van der Waals surface area (Å²) in [6, 6.07) is 11.2. The maximum Gasteiger partial charge on any atom is 0.287 e. The Balaban J connectivity index is 1.77. The van der Waals surface area contributed by atoms with Gasteiger partial charge in [-0.2, -0.15) is 0 Å². The van der Waals surface area contributed by atoms with Crippen molar-refractivity contribution in [2.24, 2.45) is 0 Å². The Morgan fingerprint density at radius 3 is 2.95 bits per heavy atom. The molecule has 4 nitrogen and oxygen atoms in total. The number of nitrogens with zero attached hydrogens (tertiary/aromatic N) is 1. The Labute approximate surface area is 120 Å². The lowest BCUT2D eigenvalue weighted by Crippen LogP contribution is -2.22. The molecule has 3 rings (SSSR count). The Bertz CT molecular complexity index is 691. The number of thiophene rings is 1. The van der Waals surface area contributed by atoms with Gasteiger partial charge in [0.05, 0.1) is 16.8 Å². The molecule has 100 valence electrons. The fraction of sp³-hybridized carbons (Fsp3) is 0.0667. The quantitative estimate of drug-likeness (QED) is 0.799. The van der Waals surface area contributed by atoms with Crippen LogP contribution in [-0.4, -0.2) is 10.9 Å². The Morgan fingerprint density at radius 1 is 1.25 bits per heavy atom. The van der Waals surface area contributed by atoms with Crippen LogP contribution in [0, 0.1) is 0 Å². The number of amides is 1. The number of pyridine rings is 1. The van der Waals surface area contributed by atoms with Gasteiger partial charge in [0.1, 0.15) is 0 Å². The molecule has 0 saturated carbocycles.